The number of unbranched alkanes of at least 4 members (excludes halogenated alkanes) is 2. The summed E-state index contributed by atoms with van der Waals surface area (Å²) in [5.74, 6) is 0.945. The molecule has 0 atom stereocenters. The molecule has 2 N–H and O–H groups in total. The van der Waals surface area contributed by atoms with Crippen molar-refractivity contribution in [1.29, 1.82) is 0 Å². The normalized spacial score (nSPS) is 10.2. The summed E-state index contributed by atoms with van der Waals surface area (Å²) in [5, 5.41) is 0. The Morgan fingerprint density at radius 3 is 2.23 bits per heavy atom. The van der Waals surface area contributed by atoms with Gasteiger partial charge in [-0.2, -0.15) is 0 Å². The summed E-state index contributed by atoms with van der Waals surface area (Å²) >= 11 is 0. The quantitative estimate of drug-likeness (QED) is 0.393. The van der Waals surface area contributed by atoms with Gasteiger partial charge in [0.15, 0.2) is 0 Å². The number of ether oxygens (including phenoxy) is 2. The molecule has 3 rings (SSSR count). The Hall–Kier alpha value is -3.87. The number of nitrogens with one attached hydrogen (secondary N) is 2. The van der Waals surface area contributed by atoms with Gasteiger partial charge < -0.3 is 9.47 Å². The lowest BCUT2D eigenvalue weighted by molar-refractivity contribution is 0.0846. The largest absolute Gasteiger partial charge is 0.494 e. The summed E-state index contributed by atoms with van der Waals surface area (Å²) in [7, 11) is 0. The number of aromatic nitrogens is 1. The third kappa shape index (κ3) is 6.85. The zero-order valence-corrected chi connectivity index (χ0v) is 17.3. The van der Waals surface area contributed by atoms with Gasteiger partial charge in [-0.05, 0) is 61.0 Å². The number of rotatable bonds is 9. The molecule has 1 heterocycles. The number of amides is 2. The lowest BCUT2D eigenvalue weighted by Crippen LogP contribution is -2.41. The highest BCUT2D eigenvalue weighted by molar-refractivity contribution is 5.99. The van der Waals surface area contributed by atoms with Crippen molar-refractivity contribution >= 4 is 11.8 Å². The Bertz CT molecular complexity index is 991. The van der Waals surface area contributed by atoms with Gasteiger partial charge in [-0.1, -0.05) is 25.8 Å². The summed E-state index contributed by atoms with van der Waals surface area (Å²) in [4.78, 5) is 28.6. The second kappa shape index (κ2) is 11.3. The fraction of sp³-hybridized carbons (Fsp3) is 0.208. The SMILES string of the molecule is CCCCCOc1ccc(C(=O)NNC(=O)c2cccc(Oc3ccncc3)c2)cc1. The highest BCUT2D eigenvalue weighted by Crippen LogP contribution is 2.21. The summed E-state index contributed by atoms with van der Waals surface area (Å²) in [5.41, 5.74) is 5.60. The van der Waals surface area contributed by atoms with Crippen molar-refractivity contribution in [3.63, 3.8) is 0 Å². The van der Waals surface area contributed by atoms with Gasteiger partial charge in [-0.3, -0.25) is 25.4 Å². The van der Waals surface area contributed by atoms with Crippen molar-refractivity contribution in [2.45, 2.75) is 26.2 Å². The van der Waals surface area contributed by atoms with Crippen molar-refractivity contribution in [2.24, 2.45) is 0 Å². The van der Waals surface area contributed by atoms with Crippen molar-refractivity contribution in [1.82, 2.24) is 15.8 Å². The fourth-order valence-corrected chi connectivity index (χ4v) is 2.75. The third-order valence-corrected chi connectivity index (χ3v) is 4.40. The van der Waals surface area contributed by atoms with Crippen LogP contribution in [-0.2, 0) is 0 Å². The number of hydrogen-bond donors (Lipinski definition) is 2. The van der Waals surface area contributed by atoms with Crippen LogP contribution < -0.4 is 20.3 Å². The van der Waals surface area contributed by atoms with E-state index in [1.807, 2.05) is 0 Å². The van der Waals surface area contributed by atoms with Gasteiger partial charge in [-0.15, -0.1) is 0 Å². The molecule has 0 aliphatic heterocycles. The van der Waals surface area contributed by atoms with E-state index in [-0.39, 0.29) is 0 Å². The maximum Gasteiger partial charge on any atom is 0.269 e. The Morgan fingerprint density at radius 1 is 0.806 bits per heavy atom. The molecule has 0 saturated heterocycles. The smallest absolute Gasteiger partial charge is 0.269 e. The van der Waals surface area contributed by atoms with Crippen LogP contribution in [-0.4, -0.2) is 23.4 Å². The predicted molar refractivity (Wildman–Crippen MR) is 117 cm³/mol. The van der Waals surface area contributed by atoms with Crippen molar-refractivity contribution in [3.05, 3.63) is 84.2 Å². The number of carbonyl (C=O) groups excluding carboxylic acids is 2. The van der Waals surface area contributed by atoms with Gasteiger partial charge in [0.1, 0.15) is 17.2 Å². The van der Waals surface area contributed by atoms with E-state index in [1.165, 1.54) is 0 Å². The van der Waals surface area contributed by atoms with E-state index in [1.54, 1.807) is 73.1 Å². The molecular formula is C24H25N3O4. The lowest BCUT2D eigenvalue weighted by atomic mass is 10.2. The van der Waals surface area contributed by atoms with E-state index in [0.29, 0.717) is 35.0 Å². The molecule has 0 radical (unpaired) electrons. The number of nitrogens with zero attached hydrogens (tertiary/aromatic N) is 1. The van der Waals surface area contributed by atoms with Crippen LogP contribution in [0.3, 0.4) is 0 Å². The molecule has 0 unspecified atom stereocenters. The van der Waals surface area contributed by atoms with Crippen molar-refractivity contribution in [3.8, 4) is 17.2 Å². The van der Waals surface area contributed by atoms with Crippen LogP contribution in [0.25, 0.3) is 0 Å². The average Bonchev–Trinajstić information content (AvgIpc) is 2.81. The van der Waals surface area contributed by atoms with E-state index in [2.05, 4.69) is 22.8 Å². The first kappa shape index (κ1) is 21.8. The fourth-order valence-electron chi connectivity index (χ4n) is 2.75. The highest BCUT2D eigenvalue weighted by atomic mass is 16.5. The van der Waals surface area contributed by atoms with Crippen LogP contribution in [0.1, 0.15) is 46.9 Å². The van der Waals surface area contributed by atoms with Gasteiger partial charge in [0.25, 0.3) is 11.8 Å². The van der Waals surface area contributed by atoms with E-state index in [4.69, 9.17) is 9.47 Å². The second-order valence-corrected chi connectivity index (χ2v) is 6.80. The monoisotopic (exact) mass is 419 g/mol. The van der Waals surface area contributed by atoms with Crippen molar-refractivity contribution < 1.29 is 19.1 Å². The topological polar surface area (TPSA) is 89.6 Å². The first-order valence-corrected chi connectivity index (χ1v) is 10.2. The first-order valence-electron chi connectivity index (χ1n) is 10.2. The van der Waals surface area contributed by atoms with Crippen LogP contribution in [0.5, 0.6) is 17.2 Å². The molecule has 0 aliphatic carbocycles. The maximum atomic E-state index is 12.4. The molecule has 0 bridgehead atoms. The molecular weight excluding hydrogens is 394 g/mol. The van der Waals surface area contributed by atoms with Crippen LogP contribution in [0.4, 0.5) is 0 Å². The molecule has 7 heteroatoms. The summed E-state index contributed by atoms with van der Waals surface area (Å²) in [6, 6.07) is 16.9. The molecule has 0 fully saturated rings. The lowest BCUT2D eigenvalue weighted by Gasteiger charge is -2.10. The molecule has 0 saturated carbocycles. The molecule has 2 aromatic carbocycles. The van der Waals surface area contributed by atoms with Crippen LogP contribution in [0.2, 0.25) is 0 Å². The second-order valence-electron chi connectivity index (χ2n) is 6.80. The Morgan fingerprint density at radius 2 is 1.52 bits per heavy atom. The van der Waals surface area contributed by atoms with Crippen LogP contribution >= 0.6 is 0 Å². The molecule has 31 heavy (non-hydrogen) atoms. The minimum Gasteiger partial charge on any atom is -0.494 e. The first-order chi connectivity index (χ1) is 15.2. The molecule has 3 aromatic rings. The third-order valence-electron chi connectivity index (χ3n) is 4.40. The minimum atomic E-state index is -0.454. The van der Waals surface area contributed by atoms with E-state index < -0.39 is 11.8 Å². The van der Waals surface area contributed by atoms with E-state index in [0.717, 1.165) is 19.3 Å². The Labute approximate surface area is 181 Å². The number of pyridine rings is 1. The minimum absolute atomic E-state index is 0.350. The van der Waals surface area contributed by atoms with Crippen molar-refractivity contribution in [2.75, 3.05) is 6.61 Å². The van der Waals surface area contributed by atoms with Gasteiger partial charge >= 0.3 is 0 Å². The van der Waals surface area contributed by atoms with Crippen LogP contribution in [0.15, 0.2) is 73.1 Å². The Kier molecular flexibility index (Phi) is 7.99. The standard InChI is InChI=1S/C24H25N3O4/c1-2-3-4-16-30-20-10-8-18(9-11-20)23(28)26-27-24(29)19-6-5-7-22(17-19)31-21-12-14-25-15-13-21/h5-15,17H,2-4,16H2,1H3,(H,26,28)(H,27,29). The summed E-state index contributed by atoms with van der Waals surface area (Å²) in [6.45, 7) is 2.79. The van der Waals surface area contributed by atoms with E-state index >= 15 is 0 Å². The van der Waals surface area contributed by atoms with Gasteiger partial charge in [0.05, 0.1) is 6.61 Å². The summed E-state index contributed by atoms with van der Waals surface area (Å²) < 4.78 is 11.3. The number of hydrogen-bond acceptors (Lipinski definition) is 5. The molecule has 0 spiro atoms. The number of hydrazine groups is 1. The molecule has 0 aliphatic rings. The van der Waals surface area contributed by atoms with Crippen LogP contribution in [0, 0.1) is 0 Å². The predicted octanol–water partition coefficient (Wildman–Crippen LogP) is 4.52. The molecule has 1 aromatic heterocycles. The van der Waals surface area contributed by atoms with E-state index in [9.17, 15) is 9.59 Å². The zero-order valence-electron chi connectivity index (χ0n) is 17.3. The van der Waals surface area contributed by atoms with Gasteiger partial charge in [-0.25, -0.2) is 0 Å². The molecule has 7 nitrogen and oxygen atoms in total. The maximum absolute atomic E-state index is 12.4. The number of benzene rings is 2. The number of carbonyl (C=O) groups is 2. The highest BCUT2D eigenvalue weighted by Gasteiger charge is 2.10. The zero-order chi connectivity index (χ0) is 21.9. The molecule has 2 amide bonds. The van der Waals surface area contributed by atoms with Gasteiger partial charge in [0.2, 0.25) is 0 Å². The average molecular weight is 419 g/mol. The van der Waals surface area contributed by atoms with Gasteiger partial charge in [0, 0.05) is 23.5 Å². The Balaban J connectivity index is 1.51. The molecule has 160 valence electrons. The summed E-state index contributed by atoms with van der Waals surface area (Å²) in [6.07, 6.45) is 6.49.